The zero-order valence-corrected chi connectivity index (χ0v) is 18.3. The van der Waals surface area contributed by atoms with E-state index in [1.165, 1.54) is 0 Å². The molecule has 0 saturated heterocycles. The van der Waals surface area contributed by atoms with Crippen molar-refractivity contribution in [3.8, 4) is 11.1 Å². The number of hydrogen-bond acceptors (Lipinski definition) is 4. The maximum atomic E-state index is 12.2. The zero-order valence-electron chi connectivity index (χ0n) is 18.3. The van der Waals surface area contributed by atoms with Gasteiger partial charge < -0.3 is 15.2 Å². The highest BCUT2D eigenvalue weighted by Crippen LogP contribution is 2.21. The second-order valence-corrected chi connectivity index (χ2v) is 8.05. The summed E-state index contributed by atoms with van der Waals surface area (Å²) in [6.07, 6.45) is 0.417. The van der Waals surface area contributed by atoms with Crippen LogP contribution in [0.2, 0.25) is 0 Å². The van der Waals surface area contributed by atoms with Crippen molar-refractivity contribution >= 4 is 17.8 Å². The summed E-state index contributed by atoms with van der Waals surface area (Å²) in [6, 6.07) is 17.8. The van der Waals surface area contributed by atoms with Crippen LogP contribution >= 0.6 is 0 Å². The summed E-state index contributed by atoms with van der Waals surface area (Å²) in [5.74, 6) is -2.05. The van der Waals surface area contributed by atoms with E-state index in [1.54, 1.807) is 20.8 Å². The molecule has 0 unspecified atom stereocenters. The van der Waals surface area contributed by atoms with Crippen molar-refractivity contribution in [3.05, 3.63) is 60.2 Å². The topological polar surface area (TPSA) is 92.7 Å². The second kappa shape index (κ2) is 11.9. The number of carboxylic acids is 1. The minimum Gasteiger partial charge on any atom is -0.481 e. The SMILES string of the molecule is CC(C)OC(=O)[C@@H](C)C[C@@H](Cc1ccc(-c2ccccc2)cc1)NC(=O)CCC(=O)O. The van der Waals surface area contributed by atoms with E-state index in [0.717, 1.165) is 16.7 Å². The fraction of sp³-hybridized carbons (Fsp3) is 0.400. The van der Waals surface area contributed by atoms with Gasteiger partial charge in [0.15, 0.2) is 0 Å². The van der Waals surface area contributed by atoms with Crippen molar-refractivity contribution in [2.24, 2.45) is 5.92 Å². The first-order valence-electron chi connectivity index (χ1n) is 10.6. The molecule has 166 valence electrons. The molecule has 2 rings (SSSR count). The minimum atomic E-state index is -1.02. The van der Waals surface area contributed by atoms with Gasteiger partial charge in [0.25, 0.3) is 0 Å². The third-order valence-electron chi connectivity index (χ3n) is 4.87. The molecule has 0 spiro atoms. The van der Waals surface area contributed by atoms with Crippen LogP contribution in [0.5, 0.6) is 0 Å². The standard InChI is InChI=1S/C25H31NO5/c1-17(2)31-25(30)18(3)15-22(26-23(27)13-14-24(28)29)16-19-9-11-21(12-10-19)20-7-5-4-6-8-20/h4-12,17-18,22H,13-16H2,1-3H3,(H,26,27)(H,28,29)/t18-,22-/m0/s1. The van der Waals surface area contributed by atoms with Crippen molar-refractivity contribution in [2.75, 3.05) is 0 Å². The fourth-order valence-electron chi connectivity index (χ4n) is 3.33. The molecule has 0 fully saturated rings. The molecule has 0 aliphatic heterocycles. The molecule has 0 heterocycles. The summed E-state index contributed by atoms with van der Waals surface area (Å²) in [4.78, 5) is 35.2. The molecule has 2 aromatic rings. The smallest absolute Gasteiger partial charge is 0.308 e. The van der Waals surface area contributed by atoms with E-state index in [1.807, 2.05) is 54.6 Å². The molecule has 0 saturated carbocycles. The molecule has 0 aromatic heterocycles. The lowest BCUT2D eigenvalue weighted by atomic mass is 9.94. The van der Waals surface area contributed by atoms with Crippen LogP contribution in [0.3, 0.4) is 0 Å². The number of amides is 1. The number of rotatable bonds is 11. The number of esters is 1. The molecule has 0 aliphatic rings. The van der Waals surface area contributed by atoms with Crippen LogP contribution in [-0.2, 0) is 25.5 Å². The van der Waals surface area contributed by atoms with Gasteiger partial charge in [-0.2, -0.15) is 0 Å². The Labute approximate surface area is 183 Å². The summed E-state index contributed by atoms with van der Waals surface area (Å²) in [5, 5.41) is 11.7. The van der Waals surface area contributed by atoms with E-state index in [9.17, 15) is 14.4 Å². The van der Waals surface area contributed by atoms with Gasteiger partial charge >= 0.3 is 11.9 Å². The molecule has 2 N–H and O–H groups in total. The van der Waals surface area contributed by atoms with Gasteiger partial charge in [0.1, 0.15) is 0 Å². The summed E-state index contributed by atoms with van der Waals surface area (Å²) < 4.78 is 5.28. The first kappa shape index (κ1) is 24.1. The lowest BCUT2D eigenvalue weighted by molar-refractivity contribution is -0.152. The Kier molecular flexibility index (Phi) is 9.25. The Balaban J connectivity index is 2.08. The summed E-state index contributed by atoms with van der Waals surface area (Å²) in [6.45, 7) is 5.37. The van der Waals surface area contributed by atoms with E-state index >= 15 is 0 Å². The molecule has 6 nitrogen and oxygen atoms in total. The number of nitrogens with one attached hydrogen (secondary N) is 1. The highest BCUT2D eigenvalue weighted by atomic mass is 16.5. The predicted molar refractivity (Wildman–Crippen MR) is 119 cm³/mol. The first-order valence-corrected chi connectivity index (χ1v) is 10.6. The normalized spacial score (nSPS) is 12.8. The summed E-state index contributed by atoms with van der Waals surface area (Å²) in [7, 11) is 0. The average Bonchev–Trinajstić information content (AvgIpc) is 2.73. The van der Waals surface area contributed by atoms with Gasteiger partial charge in [-0.25, -0.2) is 0 Å². The van der Waals surface area contributed by atoms with Crippen molar-refractivity contribution in [1.29, 1.82) is 0 Å². The largest absolute Gasteiger partial charge is 0.481 e. The average molecular weight is 426 g/mol. The molecule has 31 heavy (non-hydrogen) atoms. The highest BCUT2D eigenvalue weighted by molar-refractivity contribution is 5.81. The van der Waals surface area contributed by atoms with Crippen LogP contribution in [-0.4, -0.2) is 35.1 Å². The lowest BCUT2D eigenvalue weighted by Crippen LogP contribution is -2.39. The molecular formula is C25H31NO5. The minimum absolute atomic E-state index is 0.0937. The first-order chi connectivity index (χ1) is 14.7. The van der Waals surface area contributed by atoms with Gasteiger partial charge in [0, 0.05) is 12.5 Å². The lowest BCUT2D eigenvalue weighted by Gasteiger charge is -2.22. The number of aliphatic carboxylic acids is 1. The highest BCUT2D eigenvalue weighted by Gasteiger charge is 2.23. The van der Waals surface area contributed by atoms with Crippen molar-refractivity contribution in [1.82, 2.24) is 5.32 Å². The predicted octanol–water partition coefficient (Wildman–Crippen LogP) is 4.22. The number of carboxylic acid groups (broad SMARTS) is 1. The van der Waals surface area contributed by atoms with Crippen LogP contribution in [0.15, 0.2) is 54.6 Å². The van der Waals surface area contributed by atoms with Crippen LogP contribution in [0.25, 0.3) is 11.1 Å². The Bertz CT molecular complexity index is 861. The monoisotopic (exact) mass is 425 g/mol. The van der Waals surface area contributed by atoms with Crippen LogP contribution in [0, 0.1) is 5.92 Å². The molecule has 0 bridgehead atoms. The van der Waals surface area contributed by atoms with Gasteiger partial charge in [-0.1, -0.05) is 61.5 Å². The molecular weight excluding hydrogens is 394 g/mol. The third-order valence-corrected chi connectivity index (χ3v) is 4.87. The van der Waals surface area contributed by atoms with E-state index in [2.05, 4.69) is 5.32 Å². The zero-order chi connectivity index (χ0) is 22.8. The summed E-state index contributed by atoms with van der Waals surface area (Å²) >= 11 is 0. The molecule has 1 amide bonds. The van der Waals surface area contributed by atoms with E-state index in [4.69, 9.17) is 9.84 Å². The van der Waals surface area contributed by atoms with Crippen molar-refractivity contribution < 1.29 is 24.2 Å². The molecule has 2 aromatic carbocycles. The quantitative estimate of drug-likeness (QED) is 0.526. The van der Waals surface area contributed by atoms with Gasteiger partial charge in [-0.15, -0.1) is 0 Å². The van der Waals surface area contributed by atoms with Crippen LogP contribution in [0.1, 0.15) is 45.6 Å². The van der Waals surface area contributed by atoms with E-state index in [-0.39, 0.29) is 36.9 Å². The number of carbonyl (C=O) groups excluding carboxylic acids is 2. The molecule has 6 heteroatoms. The number of carbonyl (C=O) groups is 3. The van der Waals surface area contributed by atoms with Crippen LogP contribution in [0.4, 0.5) is 0 Å². The fourth-order valence-corrected chi connectivity index (χ4v) is 3.33. The summed E-state index contributed by atoms with van der Waals surface area (Å²) in [5.41, 5.74) is 3.24. The van der Waals surface area contributed by atoms with Gasteiger partial charge in [0.2, 0.25) is 5.91 Å². The van der Waals surface area contributed by atoms with Gasteiger partial charge in [-0.05, 0) is 43.4 Å². The second-order valence-electron chi connectivity index (χ2n) is 8.05. The van der Waals surface area contributed by atoms with E-state index < -0.39 is 11.9 Å². The molecule has 0 radical (unpaired) electrons. The Morgan fingerprint density at radius 2 is 1.52 bits per heavy atom. The molecule has 0 aliphatic carbocycles. The number of hydrogen-bond donors (Lipinski definition) is 2. The van der Waals surface area contributed by atoms with E-state index in [0.29, 0.717) is 12.8 Å². The molecule has 2 atom stereocenters. The van der Waals surface area contributed by atoms with Crippen molar-refractivity contribution in [3.63, 3.8) is 0 Å². The number of ether oxygens (including phenoxy) is 1. The Morgan fingerprint density at radius 3 is 2.10 bits per heavy atom. The maximum absolute atomic E-state index is 12.2. The van der Waals surface area contributed by atoms with Crippen LogP contribution < -0.4 is 5.32 Å². The third kappa shape index (κ3) is 8.62. The maximum Gasteiger partial charge on any atom is 0.308 e. The van der Waals surface area contributed by atoms with Crippen molar-refractivity contribution in [2.45, 2.75) is 58.6 Å². The Hall–Kier alpha value is -3.15. The Morgan fingerprint density at radius 1 is 0.903 bits per heavy atom. The van der Waals surface area contributed by atoms with Gasteiger partial charge in [0.05, 0.1) is 18.4 Å². The number of benzene rings is 2. The van der Waals surface area contributed by atoms with Gasteiger partial charge in [-0.3, -0.25) is 14.4 Å².